The maximum atomic E-state index is 13.5. The van der Waals surface area contributed by atoms with Crippen LogP contribution in [0.5, 0.6) is 0 Å². The van der Waals surface area contributed by atoms with Crippen LogP contribution in [-0.2, 0) is 6.42 Å². The monoisotopic (exact) mass is 404 g/mol. The van der Waals surface area contributed by atoms with Crippen molar-refractivity contribution < 1.29 is 9.21 Å². The highest BCUT2D eigenvalue weighted by molar-refractivity contribution is 7.15. The number of hydrogen-bond acceptors (Lipinski definition) is 7. The van der Waals surface area contributed by atoms with Crippen LogP contribution in [0.2, 0.25) is 0 Å². The molecule has 1 unspecified atom stereocenters. The van der Waals surface area contributed by atoms with Crippen LogP contribution in [0, 0.1) is 6.92 Å². The van der Waals surface area contributed by atoms with Crippen LogP contribution in [-0.4, -0.2) is 21.1 Å². The van der Waals surface area contributed by atoms with E-state index in [0.29, 0.717) is 28.1 Å². The maximum Gasteiger partial charge on any atom is 0.297 e. The number of fused-ring (bicyclic) bond motifs is 2. The highest BCUT2D eigenvalue weighted by atomic mass is 32.1. The molecule has 29 heavy (non-hydrogen) atoms. The van der Waals surface area contributed by atoms with E-state index in [1.54, 1.807) is 36.7 Å². The Morgan fingerprint density at radius 3 is 2.66 bits per heavy atom. The maximum absolute atomic E-state index is 13.5. The topological polar surface area (TPSA) is 89.2 Å². The SMILES string of the molecule is CCc1nnc(N2C(=O)c3oc4ccc(C)cc4c(=O)c3C2c2ccncc2)s1. The Hall–Kier alpha value is -3.39. The van der Waals surface area contributed by atoms with Crippen LogP contribution in [0.3, 0.4) is 0 Å². The number of benzene rings is 1. The van der Waals surface area contributed by atoms with Gasteiger partial charge in [0.25, 0.3) is 5.91 Å². The Morgan fingerprint density at radius 1 is 1.14 bits per heavy atom. The van der Waals surface area contributed by atoms with Gasteiger partial charge in [-0.15, -0.1) is 10.2 Å². The average molecular weight is 404 g/mol. The molecule has 0 saturated heterocycles. The summed E-state index contributed by atoms with van der Waals surface area (Å²) in [4.78, 5) is 32.4. The average Bonchev–Trinajstić information content (AvgIpc) is 3.32. The van der Waals surface area contributed by atoms with Gasteiger partial charge in [0.05, 0.1) is 17.0 Å². The minimum absolute atomic E-state index is 0.0569. The molecule has 1 aliphatic rings. The number of carbonyl (C=O) groups excluding carboxylic acids is 1. The van der Waals surface area contributed by atoms with E-state index in [-0.39, 0.29) is 17.1 Å². The molecule has 0 bridgehead atoms. The second-order valence-electron chi connectivity index (χ2n) is 6.86. The number of anilines is 1. The highest BCUT2D eigenvalue weighted by Gasteiger charge is 2.45. The van der Waals surface area contributed by atoms with Crippen LogP contribution in [0.1, 0.15) is 45.2 Å². The third kappa shape index (κ3) is 2.67. The minimum atomic E-state index is -0.640. The van der Waals surface area contributed by atoms with Gasteiger partial charge in [-0.2, -0.15) is 0 Å². The molecule has 1 atom stereocenters. The number of pyridine rings is 1. The van der Waals surface area contributed by atoms with Crippen molar-refractivity contribution in [3.05, 3.63) is 80.4 Å². The molecule has 144 valence electrons. The third-order valence-electron chi connectivity index (χ3n) is 5.01. The van der Waals surface area contributed by atoms with Gasteiger partial charge in [-0.25, -0.2) is 0 Å². The summed E-state index contributed by atoms with van der Waals surface area (Å²) in [5.74, 6) is -0.332. The molecule has 7 nitrogen and oxygen atoms in total. The molecule has 1 aromatic carbocycles. The summed E-state index contributed by atoms with van der Waals surface area (Å²) in [6.45, 7) is 3.89. The van der Waals surface area contributed by atoms with Gasteiger partial charge >= 0.3 is 0 Å². The second kappa shape index (κ2) is 6.59. The lowest BCUT2D eigenvalue weighted by atomic mass is 9.99. The molecule has 1 amide bonds. The number of rotatable bonds is 3. The van der Waals surface area contributed by atoms with E-state index in [0.717, 1.165) is 16.1 Å². The zero-order valence-corrected chi connectivity index (χ0v) is 16.6. The first-order valence-corrected chi connectivity index (χ1v) is 10.0. The van der Waals surface area contributed by atoms with Crippen LogP contribution < -0.4 is 10.3 Å². The van der Waals surface area contributed by atoms with Crippen molar-refractivity contribution in [2.75, 3.05) is 4.90 Å². The van der Waals surface area contributed by atoms with Gasteiger partial charge < -0.3 is 4.42 Å². The molecule has 0 spiro atoms. The summed E-state index contributed by atoms with van der Waals surface area (Å²) >= 11 is 1.34. The van der Waals surface area contributed by atoms with Crippen molar-refractivity contribution in [1.29, 1.82) is 0 Å². The first-order chi connectivity index (χ1) is 14.1. The molecule has 0 saturated carbocycles. The summed E-state index contributed by atoms with van der Waals surface area (Å²) in [5, 5.41) is 10.1. The molecule has 1 aliphatic heterocycles. The number of hydrogen-bond donors (Lipinski definition) is 0. The zero-order valence-electron chi connectivity index (χ0n) is 15.7. The molecular formula is C21H16N4O3S. The largest absolute Gasteiger partial charge is 0.450 e. The van der Waals surface area contributed by atoms with Crippen LogP contribution in [0.4, 0.5) is 5.13 Å². The van der Waals surface area contributed by atoms with Crippen molar-refractivity contribution in [1.82, 2.24) is 15.2 Å². The highest BCUT2D eigenvalue weighted by Crippen LogP contribution is 2.41. The zero-order chi connectivity index (χ0) is 20.1. The van der Waals surface area contributed by atoms with Crippen LogP contribution in [0.25, 0.3) is 11.0 Å². The van der Waals surface area contributed by atoms with Gasteiger partial charge in [0.15, 0.2) is 5.43 Å². The quantitative estimate of drug-likeness (QED) is 0.518. The number of carbonyl (C=O) groups is 1. The van der Waals surface area contributed by atoms with E-state index in [4.69, 9.17) is 4.42 Å². The first kappa shape index (κ1) is 17.7. The fourth-order valence-electron chi connectivity index (χ4n) is 3.63. The number of aryl methyl sites for hydroxylation is 2. The summed E-state index contributed by atoms with van der Waals surface area (Å²) in [6, 6.07) is 8.32. The van der Waals surface area contributed by atoms with E-state index in [2.05, 4.69) is 15.2 Å². The Morgan fingerprint density at radius 2 is 1.93 bits per heavy atom. The third-order valence-corrected chi connectivity index (χ3v) is 6.08. The van der Waals surface area contributed by atoms with Gasteiger partial charge in [-0.05, 0) is 43.2 Å². The van der Waals surface area contributed by atoms with E-state index in [1.165, 1.54) is 16.2 Å². The standard InChI is InChI=1S/C21H16N4O3S/c1-3-15-23-24-21(29-15)25-17(12-6-8-22-9-7-12)16-18(26)13-10-11(2)4-5-14(13)28-19(16)20(25)27/h4-10,17H,3H2,1-2H3. The smallest absolute Gasteiger partial charge is 0.297 e. The van der Waals surface area contributed by atoms with Crippen molar-refractivity contribution in [3.63, 3.8) is 0 Å². The van der Waals surface area contributed by atoms with Crippen molar-refractivity contribution in [3.8, 4) is 0 Å². The van der Waals surface area contributed by atoms with Crippen molar-refractivity contribution in [2.24, 2.45) is 0 Å². The molecule has 3 aromatic heterocycles. The van der Waals surface area contributed by atoms with Gasteiger partial charge in [0.2, 0.25) is 10.9 Å². The lowest BCUT2D eigenvalue weighted by Crippen LogP contribution is -2.29. The normalized spacial score (nSPS) is 15.9. The first-order valence-electron chi connectivity index (χ1n) is 9.21. The van der Waals surface area contributed by atoms with Crippen molar-refractivity contribution >= 4 is 33.3 Å². The summed E-state index contributed by atoms with van der Waals surface area (Å²) in [7, 11) is 0. The molecule has 0 N–H and O–H groups in total. The second-order valence-corrected chi connectivity index (χ2v) is 7.90. The van der Waals surface area contributed by atoms with E-state index in [9.17, 15) is 9.59 Å². The van der Waals surface area contributed by atoms with Gasteiger partial charge in [0.1, 0.15) is 10.6 Å². The number of aromatic nitrogens is 3. The van der Waals surface area contributed by atoms with Gasteiger partial charge in [0, 0.05) is 12.4 Å². The van der Waals surface area contributed by atoms with Crippen molar-refractivity contribution in [2.45, 2.75) is 26.3 Å². The summed E-state index contributed by atoms with van der Waals surface area (Å²) < 4.78 is 5.94. The van der Waals surface area contributed by atoms with E-state index < -0.39 is 6.04 Å². The molecule has 8 heteroatoms. The number of amides is 1. The molecule has 0 fully saturated rings. The summed E-state index contributed by atoms with van der Waals surface area (Å²) in [6.07, 6.45) is 3.99. The molecule has 4 heterocycles. The van der Waals surface area contributed by atoms with E-state index >= 15 is 0 Å². The minimum Gasteiger partial charge on any atom is -0.450 e. The van der Waals surface area contributed by atoms with Crippen LogP contribution in [0.15, 0.2) is 51.9 Å². The van der Waals surface area contributed by atoms with Gasteiger partial charge in [-0.1, -0.05) is 29.9 Å². The predicted molar refractivity (Wildman–Crippen MR) is 109 cm³/mol. The molecule has 5 rings (SSSR count). The summed E-state index contributed by atoms with van der Waals surface area (Å²) in [5.41, 5.74) is 2.23. The fourth-order valence-corrected chi connectivity index (χ4v) is 4.44. The molecule has 0 aliphatic carbocycles. The number of nitrogens with zero attached hydrogens (tertiary/aromatic N) is 4. The lowest BCUT2D eigenvalue weighted by molar-refractivity contribution is 0.0970. The Labute approximate surface area is 169 Å². The Bertz CT molecular complexity index is 1310. The molecule has 4 aromatic rings. The molecular weight excluding hydrogens is 388 g/mol. The van der Waals surface area contributed by atoms with E-state index in [1.807, 2.05) is 19.9 Å². The van der Waals surface area contributed by atoms with Crippen LogP contribution >= 0.6 is 11.3 Å². The predicted octanol–water partition coefficient (Wildman–Crippen LogP) is 3.66. The molecule has 0 radical (unpaired) electrons. The Kier molecular flexibility index (Phi) is 4.02. The fraction of sp³-hybridized carbons (Fsp3) is 0.190. The van der Waals surface area contributed by atoms with Gasteiger partial charge in [-0.3, -0.25) is 19.5 Å². The lowest BCUT2D eigenvalue weighted by Gasteiger charge is -2.21. The Balaban J connectivity index is 1.81.